The number of carbonyl (C=O) groups is 4. The van der Waals surface area contributed by atoms with E-state index in [0.29, 0.717) is 0 Å². The van der Waals surface area contributed by atoms with Gasteiger partial charge in [-0.3, -0.25) is 14.2 Å². The van der Waals surface area contributed by atoms with Gasteiger partial charge in [0.25, 0.3) is 12.0 Å². The average Bonchev–Trinajstić information content (AvgIpc) is 3.14. The van der Waals surface area contributed by atoms with Crippen LogP contribution in [0.3, 0.4) is 0 Å². The third-order valence-corrected chi connectivity index (χ3v) is 6.93. The lowest BCUT2D eigenvalue weighted by atomic mass is 10.1. The highest BCUT2D eigenvalue weighted by Crippen LogP contribution is 2.21. The molecular weight excluding hydrogens is 796 g/mol. The lowest BCUT2D eigenvalue weighted by molar-refractivity contribution is -0.394. The average molecular weight is 825 g/mol. The molecule has 0 bridgehead atoms. The number of nitrogens with zero attached hydrogens (tertiary/aromatic N) is 2. The first-order valence-electron chi connectivity index (χ1n) is 15.3. The normalized spacial score (nSPS) is 11.5. The minimum atomic E-state index is -5.19. The number of alkyl halides is 8. The molecule has 0 saturated carbocycles. The fourth-order valence-electron chi connectivity index (χ4n) is 3.98. The first-order chi connectivity index (χ1) is 26.2. The molecule has 0 aliphatic rings. The summed E-state index contributed by atoms with van der Waals surface area (Å²) in [5.41, 5.74) is 1.64. The summed E-state index contributed by atoms with van der Waals surface area (Å²) in [7, 11) is 0. The van der Waals surface area contributed by atoms with Crippen LogP contribution >= 0.6 is 11.6 Å². The Morgan fingerprint density at radius 1 is 0.875 bits per heavy atom. The molecule has 2 amide bonds. The topological polar surface area (TPSA) is 206 Å². The zero-order valence-electron chi connectivity index (χ0n) is 28.2. The number of hydrogen-bond acceptors (Lipinski definition) is 9. The second-order valence-electron chi connectivity index (χ2n) is 10.6. The van der Waals surface area contributed by atoms with Crippen molar-refractivity contribution in [2.24, 2.45) is 0 Å². The van der Waals surface area contributed by atoms with Crippen molar-refractivity contribution in [2.75, 3.05) is 5.32 Å². The number of ether oxygens (including phenoxy) is 1. The number of aromatic amines is 1. The predicted molar refractivity (Wildman–Crippen MR) is 175 cm³/mol. The lowest BCUT2D eigenvalue weighted by Crippen LogP contribution is -2.37. The van der Waals surface area contributed by atoms with Crippen LogP contribution in [0.2, 0.25) is 5.15 Å². The number of anilines is 1. The van der Waals surface area contributed by atoms with Crippen molar-refractivity contribution in [3.63, 3.8) is 0 Å². The van der Waals surface area contributed by atoms with Crippen molar-refractivity contribution in [1.82, 2.24) is 20.2 Å². The maximum atomic E-state index is 13.8. The van der Waals surface area contributed by atoms with Gasteiger partial charge in [0.1, 0.15) is 24.3 Å². The number of pyridine rings is 1. The van der Waals surface area contributed by atoms with Gasteiger partial charge < -0.3 is 35.7 Å². The number of carboxylic acids is 2. The molecule has 302 valence electrons. The van der Waals surface area contributed by atoms with Crippen molar-refractivity contribution in [1.29, 1.82) is 0 Å². The Bertz CT molecular complexity index is 1950. The van der Waals surface area contributed by atoms with Crippen LogP contribution in [0.5, 0.6) is 0 Å². The number of hydrogen-bond donors (Lipinski definition) is 4. The zero-order valence-corrected chi connectivity index (χ0v) is 28.9. The third kappa shape index (κ3) is 16.0. The molecule has 23 heteroatoms. The van der Waals surface area contributed by atoms with E-state index in [1.807, 2.05) is 30.3 Å². The number of carboxylic acid groups (broad SMARTS) is 2. The number of rotatable bonds is 12. The van der Waals surface area contributed by atoms with E-state index in [2.05, 4.69) is 25.9 Å². The monoisotopic (exact) mass is 824 g/mol. The van der Waals surface area contributed by atoms with E-state index in [-0.39, 0.29) is 36.4 Å². The van der Waals surface area contributed by atoms with Crippen molar-refractivity contribution in [2.45, 2.75) is 51.1 Å². The molecule has 0 spiro atoms. The van der Waals surface area contributed by atoms with Crippen molar-refractivity contribution in [3.05, 3.63) is 123 Å². The molecule has 0 saturated heterocycles. The molecular formula is C33H29ClF8N6O8. The smallest absolute Gasteiger partial charge is 0.490 e. The molecule has 0 aliphatic carbocycles. The quantitative estimate of drug-likeness (QED) is 0.152. The van der Waals surface area contributed by atoms with Gasteiger partial charge in [-0.05, 0) is 16.7 Å². The van der Waals surface area contributed by atoms with Crippen LogP contribution in [0.25, 0.3) is 0 Å². The van der Waals surface area contributed by atoms with E-state index in [4.69, 9.17) is 36.1 Å². The highest BCUT2D eigenvalue weighted by atomic mass is 35.5. The summed E-state index contributed by atoms with van der Waals surface area (Å²) in [5.74, 6) is -6.70. The molecule has 14 nitrogen and oxygen atoms in total. The van der Waals surface area contributed by atoms with Crippen LogP contribution < -0.4 is 31.6 Å². The first-order valence-corrected chi connectivity index (χ1v) is 15.7. The molecule has 2 aromatic carbocycles. The molecule has 4 aromatic rings. The Morgan fingerprint density at radius 3 is 1.91 bits per heavy atom. The standard InChI is InChI=1S/C29H27ClF2N6O4.2C2HF3O2/c30-23-16-35-27(37-25(26(31)32)22-12-6-7-13-33-22)28(40)38(23)17-24(39)34-14-20-10-4-5-11-21(20)15-36-29(41)42-18-19-8-2-1-3-9-19;2*3-2(4,5)1(6)7/h1-13,16,25-26H,14-15,17-18H2,(H,34,39)(H,35,37)(H,36,41);2*(H,6,7). The molecule has 0 fully saturated rings. The third-order valence-electron chi connectivity index (χ3n) is 6.62. The van der Waals surface area contributed by atoms with Gasteiger partial charge in [-0.15, -0.1) is 0 Å². The Kier molecular flexibility index (Phi) is 17.6. The largest absolute Gasteiger partial charge is 0.542 e. The van der Waals surface area contributed by atoms with Gasteiger partial charge in [-0.1, -0.05) is 72.3 Å². The summed E-state index contributed by atoms with van der Waals surface area (Å²) in [6.45, 7) is -0.0893. The number of halogens is 9. The van der Waals surface area contributed by atoms with Crippen LogP contribution in [0.1, 0.15) is 28.4 Å². The minimum absolute atomic E-state index is 0.0929. The number of H-pyrrole nitrogens is 1. The highest BCUT2D eigenvalue weighted by molar-refractivity contribution is 6.29. The Hall–Kier alpha value is -6.32. The first kappa shape index (κ1) is 45.8. The summed E-state index contributed by atoms with van der Waals surface area (Å²) < 4.78 is 97.0. The van der Waals surface area contributed by atoms with Gasteiger partial charge in [0, 0.05) is 25.2 Å². The Labute approximate surface area is 315 Å². The van der Waals surface area contributed by atoms with Gasteiger partial charge in [-0.25, -0.2) is 28.3 Å². The Morgan fingerprint density at radius 2 is 1.41 bits per heavy atom. The predicted octanol–water partition coefficient (Wildman–Crippen LogP) is 3.80. The molecule has 0 aliphatic heterocycles. The van der Waals surface area contributed by atoms with Crippen molar-refractivity contribution in [3.8, 4) is 0 Å². The van der Waals surface area contributed by atoms with Gasteiger partial charge in [0.15, 0.2) is 18.1 Å². The second kappa shape index (κ2) is 21.5. The molecule has 2 heterocycles. The summed E-state index contributed by atoms with van der Waals surface area (Å²) in [6.07, 6.45) is -11.1. The van der Waals surface area contributed by atoms with Crippen LogP contribution in [-0.2, 0) is 45.4 Å². The maximum absolute atomic E-state index is 13.8. The molecule has 1 unspecified atom stereocenters. The number of nitrogens with one attached hydrogen (secondary N) is 4. The number of carbonyl (C=O) groups excluding carboxylic acids is 3. The number of benzene rings is 2. The molecule has 5 N–H and O–H groups in total. The number of aromatic nitrogens is 3. The Balaban J connectivity index is 0.000000657. The second-order valence-corrected chi connectivity index (χ2v) is 11.0. The van der Waals surface area contributed by atoms with Crippen LogP contribution in [0.4, 0.5) is 45.7 Å². The van der Waals surface area contributed by atoms with Gasteiger partial charge >= 0.3 is 24.4 Å². The summed E-state index contributed by atoms with van der Waals surface area (Å²) >= 11 is 6.13. The molecule has 56 heavy (non-hydrogen) atoms. The molecule has 4 rings (SSSR count). The van der Waals surface area contributed by atoms with Crippen LogP contribution in [0.15, 0.2) is 90.0 Å². The number of aliphatic carboxylic acids is 2. The van der Waals surface area contributed by atoms with E-state index >= 15 is 0 Å². The maximum Gasteiger partial charge on any atom is 0.490 e. The van der Waals surface area contributed by atoms with E-state index < -0.39 is 60.9 Å². The molecule has 2 aromatic heterocycles. The lowest BCUT2D eigenvalue weighted by Gasteiger charge is -2.16. The fourth-order valence-corrected chi connectivity index (χ4v) is 4.16. The van der Waals surface area contributed by atoms with E-state index in [1.54, 1.807) is 36.4 Å². The summed E-state index contributed by atoms with van der Waals surface area (Å²) in [5, 5.41) is 23.6. The summed E-state index contributed by atoms with van der Waals surface area (Å²) in [6, 6.07) is 19.5. The summed E-state index contributed by atoms with van der Waals surface area (Å²) in [4.78, 5) is 62.2. The highest BCUT2D eigenvalue weighted by Gasteiger charge is 2.38. The fraction of sp³-hybridized carbons (Fsp3) is 0.242. The van der Waals surface area contributed by atoms with Gasteiger partial charge in [0.05, 0.1) is 6.20 Å². The minimum Gasteiger partial charge on any atom is -0.542 e. The molecule has 1 atom stereocenters. The molecule has 0 radical (unpaired) electrons. The SMILES string of the molecule is O=C(Cn1c(Cl)cnc(NC(c2cccc[nH+]2)C(F)F)c1=O)NCc1ccccc1CNC(=O)OCc1ccccc1.O=C(O)C(F)(F)F.O=C([O-])C(F)(F)F. The van der Waals surface area contributed by atoms with Crippen LogP contribution in [0, 0.1) is 0 Å². The zero-order chi connectivity index (χ0) is 42.1. The van der Waals surface area contributed by atoms with E-state index in [1.165, 1.54) is 12.3 Å². The number of alkyl carbamates (subject to hydrolysis) is 1. The van der Waals surface area contributed by atoms with Crippen molar-refractivity contribution < 1.29 is 74.2 Å². The van der Waals surface area contributed by atoms with Gasteiger partial charge in [0.2, 0.25) is 11.6 Å². The van der Waals surface area contributed by atoms with Crippen LogP contribution in [-0.4, -0.2) is 57.4 Å². The number of amides is 2. The van der Waals surface area contributed by atoms with E-state index in [9.17, 15) is 49.5 Å². The van der Waals surface area contributed by atoms with E-state index in [0.717, 1.165) is 27.5 Å². The van der Waals surface area contributed by atoms with Crippen molar-refractivity contribution >= 4 is 41.4 Å². The van der Waals surface area contributed by atoms with Gasteiger partial charge in [-0.2, -0.15) is 26.3 Å².